The van der Waals surface area contributed by atoms with Crippen molar-refractivity contribution in [1.29, 1.82) is 0 Å². The number of esters is 1. The maximum Gasteiger partial charge on any atom is 0.343 e. The van der Waals surface area contributed by atoms with Gasteiger partial charge in [0, 0.05) is 10.9 Å². The van der Waals surface area contributed by atoms with Crippen LogP contribution in [0.2, 0.25) is 5.02 Å². The van der Waals surface area contributed by atoms with E-state index in [4.69, 9.17) is 20.8 Å². The number of rotatable bonds is 1. The molecule has 1 aromatic heterocycles. The number of ether oxygens (including phenoxy) is 1. The van der Waals surface area contributed by atoms with E-state index < -0.39 is 11.5 Å². The quantitative estimate of drug-likeness (QED) is 0.503. The summed E-state index contributed by atoms with van der Waals surface area (Å²) in [5.74, 6) is -0.467. The number of benzene rings is 2. The molecule has 1 aliphatic heterocycles. The van der Waals surface area contributed by atoms with E-state index in [1.165, 1.54) is 0 Å². The molecule has 0 bridgehead atoms. The summed E-state index contributed by atoms with van der Waals surface area (Å²) < 4.78 is 10.8. The van der Waals surface area contributed by atoms with Crippen LogP contribution in [0.3, 0.4) is 0 Å². The molecule has 4 rings (SSSR count). The topological polar surface area (TPSA) is 56.5 Å². The van der Waals surface area contributed by atoms with Crippen LogP contribution >= 0.6 is 11.6 Å². The molecule has 0 aliphatic carbocycles. The SMILES string of the molecule is O=C1C[C@H](c2ccc(Cl)cc2)c2c(c3ccccc3oc2=O)O1. The van der Waals surface area contributed by atoms with Gasteiger partial charge in [0.15, 0.2) is 5.75 Å². The van der Waals surface area contributed by atoms with Crippen molar-refractivity contribution >= 4 is 28.5 Å². The minimum atomic E-state index is -0.480. The van der Waals surface area contributed by atoms with Gasteiger partial charge in [-0.25, -0.2) is 4.79 Å². The average molecular weight is 327 g/mol. The summed E-state index contributed by atoms with van der Waals surface area (Å²) >= 11 is 5.92. The first-order chi connectivity index (χ1) is 11.1. The standard InChI is InChI=1S/C18H11ClO4/c19-11-7-5-10(6-8-11)13-9-15(20)23-17-12-3-1-2-4-14(12)22-18(21)16(13)17/h1-8,13H,9H2/t13-/m1/s1. The van der Waals surface area contributed by atoms with Gasteiger partial charge in [0.2, 0.25) is 0 Å². The number of fused-ring (bicyclic) bond motifs is 3. The molecule has 1 aliphatic rings. The van der Waals surface area contributed by atoms with Gasteiger partial charge in [-0.2, -0.15) is 0 Å². The van der Waals surface area contributed by atoms with Crippen LogP contribution in [0, 0.1) is 0 Å². The zero-order chi connectivity index (χ0) is 16.0. The molecule has 0 amide bonds. The molecule has 2 aromatic carbocycles. The Morgan fingerprint density at radius 1 is 1.00 bits per heavy atom. The first kappa shape index (κ1) is 14.0. The van der Waals surface area contributed by atoms with Gasteiger partial charge in [-0.15, -0.1) is 0 Å². The second kappa shape index (κ2) is 5.25. The van der Waals surface area contributed by atoms with Crippen molar-refractivity contribution in [2.24, 2.45) is 0 Å². The molecule has 0 saturated carbocycles. The van der Waals surface area contributed by atoms with Gasteiger partial charge in [-0.1, -0.05) is 35.9 Å². The summed E-state index contributed by atoms with van der Waals surface area (Å²) in [6.07, 6.45) is 0.0950. The van der Waals surface area contributed by atoms with Crippen LogP contribution in [0.4, 0.5) is 0 Å². The zero-order valence-corrected chi connectivity index (χ0v) is 12.7. The van der Waals surface area contributed by atoms with E-state index in [9.17, 15) is 9.59 Å². The summed E-state index contributed by atoms with van der Waals surface area (Å²) in [7, 11) is 0. The molecule has 2 heterocycles. The van der Waals surface area contributed by atoms with Gasteiger partial charge >= 0.3 is 11.6 Å². The fourth-order valence-electron chi connectivity index (χ4n) is 2.95. The Hall–Kier alpha value is -2.59. The number of carbonyl (C=O) groups is 1. The summed E-state index contributed by atoms with van der Waals surface area (Å²) in [6, 6.07) is 14.1. The van der Waals surface area contributed by atoms with Crippen LogP contribution < -0.4 is 10.4 Å². The molecule has 114 valence electrons. The third-order valence-electron chi connectivity index (χ3n) is 4.01. The van der Waals surface area contributed by atoms with Crippen LogP contribution in [-0.2, 0) is 4.79 Å². The zero-order valence-electron chi connectivity index (χ0n) is 11.9. The highest BCUT2D eigenvalue weighted by Gasteiger charge is 2.33. The molecule has 0 spiro atoms. The second-order valence-corrected chi connectivity index (χ2v) is 5.85. The molecule has 0 radical (unpaired) electrons. The Kier molecular flexibility index (Phi) is 3.20. The Morgan fingerprint density at radius 2 is 1.74 bits per heavy atom. The van der Waals surface area contributed by atoms with E-state index in [2.05, 4.69) is 0 Å². The van der Waals surface area contributed by atoms with E-state index in [0.717, 1.165) is 5.56 Å². The first-order valence-corrected chi connectivity index (χ1v) is 7.53. The lowest BCUT2D eigenvalue weighted by Crippen LogP contribution is -2.26. The van der Waals surface area contributed by atoms with Crippen molar-refractivity contribution in [3.8, 4) is 5.75 Å². The van der Waals surface area contributed by atoms with Crippen molar-refractivity contribution in [3.63, 3.8) is 0 Å². The Bertz CT molecular complexity index is 972. The maximum atomic E-state index is 12.5. The maximum absolute atomic E-state index is 12.5. The van der Waals surface area contributed by atoms with E-state index in [1.807, 2.05) is 18.2 Å². The van der Waals surface area contributed by atoms with Crippen molar-refractivity contribution < 1.29 is 13.9 Å². The second-order valence-electron chi connectivity index (χ2n) is 5.41. The third-order valence-corrected chi connectivity index (χ3v) is 4.26. The summed E-state index contributed by atoms with van der Waals surface area (Å²) in [4.78, 5) is 24.5. The monoisotopic (exact) mass is 326 g/mol. The van der Waals surface area contributed by atoms with E-state index >= 15 is 0 Å². The van der Waals surface area contributed by atoms with Crippen LogP contribution in [-0.4, -0.2) is 5.97 Å². The van der Waals surface area contributed by atoms with Gasteiger partial charge < -0.3 is 9.15 Å². The first-order valence-electron chi connectivity index (χ1n) is 7.15. The molecule has 0 saturated heterocycles. The highest BCUT2D eigenvalue weighted by atomic mass is 35.5. The van der Waals surface area contributed by atoms with Crippen LogP contribution in [0.15, 0.2) is 57.7 Å². The molecule has 23 heavy (non-hydrogen) atoms. The number of hydrogen-bond acceptors (Lipinski definition) is 4. The Morgan fingerprint density at radius 3 is 2.52 bits per heavy atom. The van der Waals surface area contributed by atoms with Crippen molar-refractivity contribution in [1.82, 2.24) is 0 Å². The van der Waals surface area contributed by atoms with Crippen LogP contribution in [0.25, 0.3) is 11.0 Å². The van der Waals surface area contributed by atoms with Crippen molar-refractivity contribution in [3.05, 3.63) is 75.1 Å². The van der Waals surface area contributed by atoms with E-state index in [1.54, 1.807) is 30.3 Å². The summed E-state index contributed by atoms with van der Waals surface area (Å²) in [6.45, 7) is 0. The molecule has 0 N–H and O–H groups in total. The van der Waals surface area contributed by atoms with Gasteiger partial charge in [0.25, 0.3) is 0 Å². The molecule has 0 unspecified atom stereocenters. The van der Waals surface area contributed by atoms with Gasteiger partial charge in [0.05, 0.1) is 17.4 Å². The molecular formula is C18H11ClO4. The highest BCUT2D eigenvalue weighted by molar-refractivity contribution is 6.30. The fourth-order valence-corrected chi connectivity index (χ4v) is 3.08. The van der Waals surface area contributed by atoms with Crippen molar-refractivity contribution in [2.45, 2.75) is 12.3 Å². The number of carbonyl (C=O) groups excluding carboxylic acids is 1. The van der Waals surface area contributed by atoms with E-state index in [0.29, 0.717) is 27.3 Å². The van der Waals surface area contributed by atoms with Crippen LogP contribution in [0.5, 0.6) is 5.75 Å². The Balaban J connectivity index is 2.00. The van der Waals surface area contributed by atoms with Crippen LogP contribution in [0.1, 0.15) is 23.5 Å². The molecular weight excluding hydrogens is 316 g/mol. The number of para-hydroxylation sites is 1. The smallest absolute Gasteiger partial charge is 0.343 e. The molecule has 5 heteroatoms. The Labute approximate surface area is 136 Å². The molecule has 4 nitrogen and oxygen atoms in total. The highest BCUT2D eigenvalue weighted by Crippen LogP contribution is 2.40. The average Bonchev–Trinajstić information content (AvgIpc) is 2.55. The lowest BCUT2D eigenvalue weighted by atomic mass is 9.87. The lowest BCUT2D eigenvalue weighted by Gasteiger charge is -2.24. The van der Waals surface area contributed by atoms with Gasteiger partial charge in [-0.3, -0.25) is 4.79 Å². The van der Waals surface area contributed by atoms with Gasteiger partial charge in [-0.05, 0) is 29.8 Å². The van der Waals surface area contributed by atoms with E-state index in [-0.39, 0.29) is 12.4 Å². The minimum absolute atomic E-state index is 0.0950. The third kappa shape index (κ3) is 2.32. The number of hydrogen-bond donors (Lipinski definition) is 0. The number of halogens is 1. The predicted octanol–water partition coefficient (Wildman–Crippen LogP) is 3.89. The normalized spacial score (nSPS) is 16.9. The van der Waals surface area contributed by atoms with Crippen molar-refractivity contribution in [2.75, 3.05) is 0 Å². The van der Waals surface area contributed by atoms with Gasteiger partial charge in [0.1, 0.15) is 5.58 Å². The minimum Gasteiger partial charge on any atom is -0.425 e. The molecule has 3 aromatic rings. The predicted molar refractivity (Wildman–Crippen MR) is 86.0 cm³/mol. The fraction of sp³-hybridized carbons (Fsp3) is 0.111. The molecule has 0 fully saturated rings. The largest absolute Gasteiger partial charge is 0.425 e. The lowest BCUT2D eigenvalue weighted by molar-refractivity contribution is -0.135. The summed E-state index contributed by atoms with van der Waals surface area (Å²) in [5, 5.41) is 1.21. The summed E-state index contributed by atoms with van der Waals surface area (Å²) in [5.41, 5.74) is 1.13. The molecule has 1 atom stereocenters.